The topological polar surface area (TPSA) is 65.2 Å². The first-order chi connectivity index (χ1) is 13.2. The molecule has 2 amide bonds. The molecule has 5 nitrogen and oxygen atoms in total. The van der Waals surface area contributed by atoms with E-state index in [1.54, 1.807) is 13.0 Å². The number of likely N-dealkylation sites (tertiary alicyclic amines) is 1. The van der Waals surface area contributed by atoms with Gasteiger partial charge in [0.25, 0.3) is 11.8 Å². The molecule has 1 saturated carbocycles. The number of H-pyrrole nitrogens is 1. The Balaban J connectivity index is 1.47. The summed E-state index contributed by atoms with van der Waals surface area (Å²) in [6.45, 7) is 2.00. The van der Waals surface area contributed by atoms with Crippen molar-refractivity contribution in [3.8, 4) is 0 Å². The van der Waals surface area contributed by atoms with Gasteiger partial charge in [-0.1, -0.05) is 18.5 Å². The maximum atomic E-state index is 14.1. The summed E-state index contributed by atoms with van der Waals surface area (Å²) in [5.41, 5.74) is -0.586. The second-order valence-corrected chi connectivity index (χ2v) is 8.02. The Morgan fingerprint density at radius 3 is 2.71 bits per heavy atom. The van der Waals surface area contributed by atoms with Crippen LogP contribution in [0.25, 0.3) is 10.9 Å². The predicted molar refractivity (Wildman–Crippen MR) is 98.0 cm³/mol. The van der Waals surface area contributed by atoms with Gasteiger partial charge in [-0.05, 0) is 31.0 Å². The van der Waals surface area contributed by atoms with Gasteiger partial charge in [-0.15, -0.1) is 0 Å². The second kappa shape index (κ2) is 6.40. The number of halogens is 4. The molecule has 1 aromatic carbocycles. The first-order valence-corrected chi connectivity index (χ1v) is 9.49. The smallest absolute Gasteiger partial charge is 0.268 e. The maximum Gasteiger partial charge on any atom is 0.268 e. The molecule has 2 fully saturated rings. The highest BCUT2D eigenvalue weighted by Gasteiger charge is 2.73. The van der Waals surface area contributed by atoms with Crippen LogP contribution in [0.4, 0.5) is 13.2 Å². The zero-order valence-corrected chi connectivity index (χ0v) is 15.9. The van der Waals surface area contributed by atoms with E-state index < -0.39 is 29.1 Å². The number of carbonyl (C=O) groups excluding carboxylic acids is 2. The van der Waals surface area contributed by atoms with E-state index in [-0.39, 0.29) is 47.9 Å². The summed E-state index contributed by atoms with van der Waals surface area (Å²) in [5.74, 6) is -4.29. The lowest BCUT2D eigenvalue weighted by Crippen LogP contribution is -2.47. The lowest BCUT2D eigenvalue weighted by molar-refractivity contribution is -0.132. The molecule has 1 saturated heterocycles. The zero-order chi connectivity index (χ0) is 20.3. The number of rotatable bonds is 4. The van der Waals surface area contributed by atoms with Crippen molar-refractivity contribution >= 4 is 34.3 Å². The van der Waals surface area contributed by atoms with Gasteiger partial charge in [0, 0.05) is 30.4 Å². The van der Waals surface area contributed by atoms with E-state index in [1.807, 2.05) is 0 Å². The number of aromatic nitrogens is 1. The number of amides is 2. The fourth-order valence-electron chi connectivity index (χ4n) is 3.94. The Hall–Kier alpha value is -2.22. The van der Waals surface area contributed by atoms with Crippen LogP contribution < -0.4 is 5.32 Å². The van der Waals surface area contributed by atoms with Crippen LogP contribution in [0.15, 0.2) is 18.2 Å². The summed E-state index contributed by atoms with van der Waals surface area (Å²) in [6.07, 6.45) is 0.402. The fraction of sp³-hybridized carbons (Fsp3) is 0.474. The molecule has 1 unspecified atom stereocenters. The van der Waals surface area contributed by atoms with Crippen LogP contribution in [-0.4, -0.2) is 46.8 Å². The number of benzene rings is 1. The van der Waals surface area contributed by atoms with E-state index in [2.05, 4.69) is 10.3 Å². The minimum atomic E-state index is -2.71. The van der Waals surface area contributed by atoms with E-state index in [1.165, 1.54) is 17.0 Å². The molecule has 0 radical (unpaired) electrons. The molecule has 150 valence electrons. The van der Waals surface area contributed by atoms with Crippen molar-refractivity contribution in [2.45, 2.75) is 38.2 Å². The Labute approximate surface area is 164 Å². The van der Waals surface area contributed by atoms with Crippen molar-refractivity contribution in [1.29, 1.82) is 0 Å². The number of alkyl halides is 2. The highest BCUT2D eigenvalue weighted by atomic mass is 35.5. The first kappa shape index (κ1) is 19.1. The van der Waals surface area contributed by atoms with Gasteiger partial charge < -0.3 is 15.2 Å². The van der Waals surface area contributed by atoms with Gasteiger partial charge in [-0.25, -0.2) is 13.2 Å². The average molecular weight is 414 g/mol. The summed E-state index contributed by atoms with van der Waals surface area (Å²) in [6, 6.07) is 3.43. The summed E-state index contributed by atoms with van der Waals surface area (Å²) < 4.78 is 41.2. The number of carbonyl (C=O) groups is 2. The standard InChI is InChI=1S/C19H19ClF3N3O2/c1-2-12(17(28)26-6-5-18(9-26)8-19(18,22)23)25-16(27)14-7-10-13(24-14)4-3-11(20)15(10)21/h3-4,7,12,24H,2,5-6,8-9H2,1H3,(H,25,27)/t12-,18?/m1/s1. The molecule has 1 aromatic heterocycles. The highest BCUT2D eigenvalue weighted by molar-refractivity contribution is 6.31. The monoisotopic (exact) mass is 413 g/mol. The van der Waals surface area contributed by atoms with Crippen molar-refractivity contribution in [1.82, 2.24) is 15.2 Å². The minimum absolute atomic E-state index is 0.0152. The fourth-order valence-corrected chi connectivity index (χ4v) is 4.11. The predicted octanol–water partition coefficient (Wildman–Crippen LogP) is 3.73. The van der Waals surface area contributed by atoms with E-state index in [9.17, 15) is 22.8 Å². The van der Waals surface area contributed by atoms with Crippen molar-refractivity contribution in [3.63, 3.8) is 0 Å². The largest absolute Gasteiger partial charge is 0.350 e. The molecule has 2 atom stereocenters. The van der Waals surface area contributed by atoms with Gasteiger partial charge in [0.1, 0.15) is 11.7 Å². The van der Waals surface area contributed by atoms with Crippen molar-refractivity contribution in [2.24, 2.45) is 5.41 Å². The summed E-state index contributed by atoms with van der Waals surface area (Å²) >= 11 is 5.75. The molecule has 4 rings (SSSR count). The quantitative estimate of drug-likeness (QED) is 0.802. The van der Waals surface area contributed by atoms with Crippen LogP contribution in [-0.2, 0) is 4.79 Å². The Morgan fingerprint density at radius 2 is 2.11 bits per heavy atom. The van der Waals surface area contributed by atoms with Gasteiger partial charge >= 0.3 is 0 Å². The molecule has 1 aliphatic heterocycles. The summed E-state index contributed by atoms with van der Waals surface area (Å²) in [7, 11) is 0. The number of hydrogen-bond donors (Lipinski definition) is 2. The van der Waals surface area contributed by atoms with E-state index in [0.717, 1.165) is 0 Å². The van der Waals surface area contributed by atoms with Gasteiger partial charge in [0.15, 0.2) is 5.82 Å². The maximum absolute atomic E-state index is 14.1. The molecular weight excluding hydrogens is 395 g/mol. The summed E-state index contributed by atoms with van der Waals surface area (Å²) in [5, 5.41) is 2.74. The lowest BCUT2D eigenvalue weighted by atomic mass is 10.1. The molecule has 2 aliphatic rings. The number of hydrogen-bond acceptors (Lipinski definition) is 2. The number of nitrogens with zero attached hydrogens (tertiary/aromatic N) is 1. The summed E-state index contributed by atoms with van der Waals surface area (Å²) in [4.78, 5) is 29.5. The zero-order valence-electron chi connectivity index (χ0n) is 15.1. The van der Waals surface area contributed by atoms with Crippen LogP contribution in [0.3, 0.4) is 0 Å². The number of nitrogens with one attached hydrogen (secondary N) is 2. The molecule has 2 aromatic rings. The van der Waals surface area contributed by atoms with E-state index in [0.29, 0.717) is 11.9 Å². The molecular formula is C19H19ClF3N3O2. The van der Waals surface area contributed by atoms with Crippen molar-refractivity contribution < 1.29 is 22.8 Å². The van der Waals surface area contributed by atoms with Crippen LogP contribution >= 0.6 is 11.6 Å². The molecule has 1 spiro atoms. The Kier molecular flexibility index (Phi) is 4.37. The van der Waals surface area contributed by atoms with Crippen molar-refractivity contribution in [2.75, 3.05) is 13.1 Å². The third kappa shape index (κ3) is 2.94. The normalized spacial score (nSPS) is 24.0. The SMILES string of the molecule is CC[C@@H](NC(=O)c1cc2c(F)c(Cl)ccc2[nH]1)C(=O)N1CCC2(C1)CC2(F)F. The van der Waals surface area contributed by atoms with Crippen LogP contribution in [0.5, 0.6) is 0 Å². The minimum Gasteiger partial charge on any atom is -0.350 e. The van der Waals surface area contributed by atoms with E-state index in [4.69, 9.17) is 11.6 Å². The van der Waals surface area contributed by atoms with Gasteiger partial charge in [-0.2, -0.15) is 0 Å². The van der Waals surface area contributed by atoms with E-state index >= 15 is 0 Å². The first-order valence-electron chi connectivity index (χ1n) is 9.12. The molecule has 2 N–H and O–H groups in total. The highest BCUT2D eigenvalue weighted by Crippen LogP contribution is 2.65. The average Bonchev–Trinajstić information content (AvgIpc) is 3.05. The van der Waals surface area contributed by atoms with Crippen LogP contribution in [0, 0.1) is 11.2 Å². The van der Waals surface area contributed by atoms with Gasteiger partial charge in [0.2, 0.25) is 5.91 Å². The van der Waals surface area contributed by atoms with Crippen LogP contribution in [0.1, 0.15) is 36.7 Å². The van der Waals surface area contributed by atoms with Crippen LogP contribution in [0.2, 0.25) is 5.02 Å². The third-order valence-corrected chi connectivity index (χ3v) is 6.12. The number of fused-ring (bicyclic) bond motifs is 1. The third-order valence-electron chi connectivity index (χ3n) is 5.82. The Bertz CT molecular complexity index is 977. The van der Waals surface area contributed by atoms with Gasteiger partial charge in [-0.3, -0.25) is 9.59 Å². The van der Waals surface area contributed by atoms with Gasteiger partial charge in [0.05, 0.1) is 10.4 Å². The van der Waals surface area contributed by atoms with Crippen molar-refractivity contribution in [3.05, 3.63) is 34.7 Å². The lowest BCUT2D eigenvalue weighted by Gasteiger charge is -2.23. The molecule has 0 bridgehead atoms. The second-order valence-electron chi connectivity index (χ2n) is 7.61. The Morgan fingerprint density at radius 1 is 1.39 bits per heavy atom. The molecule has 9 heteroatoms. The number of aromatic amines is 1. The molecule has 1 aliphatic carbocycles. The molecule has 28 heavy (non-hydrogen) atoms. The molecule has 2 heterocycles.